The number of amides is 2. The molecule has 0 heterocycles. The van der Waals surface area contributed by atoms with E-state index in [9.17, 15) is 22.8 Å². The summed E-state index contributed by atoms with van der Waals surface area (Å²) < 4.78 is 38.5. The molecule has 148 valence electrons. The molecule has 0 saturated carbocycles. The molecule has 2 N–H and O–H groups in total. The van der Waals surface area contributed by atoms with E-state index in [2.05, 4.69) is 10.6 Å². The van der Waals surface area contributed by atoms with Gasteiger partial charge < -0.3 is 10.6 Å². The van der Waals surface area contributed by atoms with Gasteiger partial charge in [-0.2, -0.15) is 13.2 Å². The number of nitrogens with one attached hydrogen (secondary N) is 2. The van der Waals surface area contributed by atoms with E-state index in [1.807, 2.05) is 0 Å². The van der Waals surface area contributed by atoms with Crippen LogP contribution in [0.15, 0.2) is 72.8 Å². The molecule has 0 radical (unpaired) electrons. The summed E-state index contributed by atoms with van der Waals surface area (Å²) in [4.78, 5) is 24.5. The van der Waals surface area contributed by atoms with Crippen LogP contribution in [-0.4, -0.2) is 11.8 Å². The molecule has 3 rings (SSSR count). The van der Waals surface area contributed by atoms with Gasteiger partial charge in [0.05, 0.1) is 16.3 Å². The molecule has 29 heavy (non-hydrogen) atoms. The van der Waals surface area contributed by atoms with Gasteiger partial charge in [0.1, 0.15) is 0 Å². The fraction of sp³-hybridized carbons (Fsp3) is 0.0476. The molecule has 4 nitrogen and oxygen atoms in total. The van der Waals surface area contributed by atoms with E-state index >= 15 is 0 Å². The molecule has 3 aromatic rings. The van der Waals surface area contributed by atoms with Crippen molar-refractivity contribution in [2.24, 2.45) is 0 Å². The van der Waals surface area contributed by atoms with Crippen LogP contribution in [0.4, 0.5) is 24.5 Å². The third kappa shape index (κ3) is 5.14. The molecule has 0 aliphatic rings. The molecule has 0 bridgehead atoms. The minimum Gasteiger partial charge on any atom is -0.322 e. The average Bonchev–Trinajstić information content (AvgIpc) is 2.70. The zero-order valence-electron chi connectivity index (χ0n) is 14.8. The standard InChI is InChI=1S/C21H14ClF3N2O2/c22-17-11-8-15(21(23,24)25)12-18(17)27-20(29)14-6-9-16(10-7-14)26-19(28)13-4-2-1-3-5-13/h1-12H,(H,26,28)(H,27,29). The zero-order chi connectivity index (χ0) is 21.0. The van der Waals surface area contributed by atoms with E-state index in [1.54, 1.807) is 30.3 Å². The number of rotatable bonds is 4. The third-order valence-electron chi connectivity index (χ3n) is 3.98. The van der Waals surface area contributed by atoms with Crippen molar-refractivity contribution in [1.82, 2.24) is 0 Å². The van der Waals surface area contributed by atoms with Crippen molar-refractivity contribution in [3.8, 4) is 0 Å². The van der Waals surface area contributed by atoms with Crippen LogP contribution in [0.2, 0.25) is 5.02 Å². The van der Waals surface area contributed by atoms with Gasteiger partial charge in [-0.3, -0.25) is 9.59 Å². The molecule has 0 atom stereocenters. The number of alkyl halides is 3. The van der Waals surface area contributed by atoms with E-state index in [1.165, 1.54) is 24.3 Å². The van der Waals surface area contributed by atoms with E-state index < -0.39 is 17.6 Å². The highest BCUT2D eigenvalue weighted by Crippen LogP contribution is 2.34. The SMILES string of the molecule is O=C(Nc1ccc(C(=O)Nc2cc(C(F)(F)F)ccc2Cl)cc1)c1ccccc1. The summed E-state index contributed by atoms with van der Waals surface area (Å²) in [7, 11) is 0. The fourth-order valence-electron chi connectivity index (χ4n) is 2.49. The van der Waals surface area contributed by atoms with Crippen LogP contribution in [0.1, 0.15) is 26.3 Å². The van der Waals surface area contributed by atoms with Crippen LogP contribution in [0.25, 0.3) is 0 Å². The molecule has 2 amide bonds. The average molecular weight is 419 g/mol. The monoisotopic (exact) mass is 418 g/mol. The van der Waals surface area contributed by atoms with Crippen molar-refractivity contribution >= 4 is 34.8 Å². The second-order valence-electron chi connectivity index (χ2n) is 6.04. The smallest absolute Gasteiger partial charge is 0.322 e. The lowest BCUT2D eigenvalue weighted by Gasteiger charge is -2.12. The number of hydrogen-bond acceptors (Lipinski definition) is 2. The second-order valence-corrected chi connectivity index (χ2v) is 6.45. The summed E-state index contributed by atoms with van der Waals surface area (Å²) in [5.41, 5.74) is 0.0707. The highest BCUT2D eigenvalue weighted by atomic mass is 35.5. The normalized spacial score (nSPS) is 11.0. The van der Waals surface area contributed by atoms with Gasteiger partial charge in [0.15, 0.2) is 0 Å². The van der Waals surface area contributed by atoms with Gasteiger partial charge in [-0.25, -0.2) is 0 Å². The number of halogens is 4. The van der Waals surface area contributed by atoms with Crippen LogP contribution in [0.5, 0.6) is 0 Å². The van der Waals surface area contributed by atoms with Crippen LogP contribution in [0, 0.1) is 0 Å². The first-order valence-corrected chi connectivity index (χ1v) is 8.76. The van der Waals surface area contributed by atoms with Gasteiger partial charge in [0.2, 0.25) is 0 Å². The lowest BCUT2D eigenvalue weighted by Crippen LogP contribution is -2.14. The molecule has 0 saturated heterocycles. The first-order valence-electron chi connectivity index (χ1n) is 8.38. The Morgan fingerprint density at radius 3 is 1.97 bits per heavy atom. The topological polar surface area (TPSA) is 58.2 Å². The van der Waals surface area contributed by atoms with Gasteiger partial charge in [-0.05, 0) is 54.6 Å². The predicted octanol–water partition coefficient (Wildman–Crippen LogP) is 5.86. The second kappa shape index (κ2) is 8.36. The molecular weight excluding hydrogens is 405 g/mol. The van der Waals surface area contributed by atoms with Gasteiger partial charge >= 0.3 is 6.18 Å². The highest BCUT2D eigenvalue weighted by molar-refractivity contribution is 6.34. The molecule has 0 aromatic heterocycles. The first-order chi connectivity index (χ1) is 13.7. The van der Waals surface area contributed by atoms with Crippen molar-refractivity contribution < 1.29 is 22.8 Å². The Bertz CT molecular complexity index is 1040. The number of benzene rings is 3. The first kappa shape index (κ1) is 20.4. The summed E-state index contributed by atoms with van der Waals surface area (Å²) in [6.45, 7) is 0. The minimum absolute atomic E-state index is 0.0157. The Labute approximate surface area is 169 Å². The number of hydrogen-bond donors (Lipinski definition) is 2. The largest absolute Gasteiger partial charge is 0.416 e. The zero-order valence-corrected chi connectivity index (χ0v) is 15.5. The highest BCUT2D eigenvalue weighted by Gasteiger charge is 2.31. The van der Waals surface area contributed by atoms with Crippen LogP contribution >= 0.6 is 11.6 Å². The lowest BCUT2D eigenvalue weighted by molar-refractivity contribution is -0.137. The number of anilines is 2. The summed E-state index contributed by atoms with van der Waals surface area (Å²) in [6.07, 6.45) is -4.55. The number of carbonyl (C=O) groups is 2. The van der Waals surface area contributed by atoms with Gasteiger partial charge in [-0.15, -0.1) is 0 Å². The molecule has 8 heteroatoms. The quantitative estimate of drug-likeness (QED) is 0.557. The van der Waals surface area contributed by atoms with Gasteiger partial charge in [0, 0.05) is 16.8 Å². The Morgan fingerprint density at radius 1 is 0.759 bits per heavy atom. The van der Waals surface area contributed by atoms with Crippen molar-refractivity contribution in [3.05, 3.63) is 94.5 Å². The van der Waals surface area contributed by atoms with Crippen LogP contribution in [-0.2, 0) is 6.18 Å². The van der Waals surface area contributed by atoms with Crippen LogP contribution in [0.3, 0.4) is 0 Å². The van der Waals surface area contributed by atoms with E-state index in [0.717, 1.165) is 18.2 Å². The summed E-state index contributed by atoms with van der Waals surface area (Å²) in [5, 5.41) is 5.04. The van der Waals surface area contributed by atoms with Crippen molar-refractivity contribution in [1.29, 1.82) is 0 Å². The fourth-order valence-corrected chi connectivity index (χ4v) is 2.65. The van der Waals surface area contributed by atoms with E-state index in [0.29, 0.717) is 11.3 Å². The lowest BCUT2D eigenvalue weighted by atomic mass is 10.1. The number of carbonyl (C=O) groups excluding carboxylic acids is 2. The van der Waals surface area contributed by atoms with Gasteiger partial charge in [-0.1, -0.05) is 29.8 Å². The van der Waals surface area contributed by atoms with E-state index in [-0.39, 0.29) is 22.2 Å². The molecular formula is C21H14ClF3N2O2. The Balaban J connectivity index is 1.70. The summed E-state index contributed by atoms with van der Waals surface area (Å²) in [5.74, 6) is -0.939. The maximum absolute atomic E-state index is 12.8. The third-order valence-corrected chi connectivity index (χ3v) is 4.31. The Kier molecular flexibility index (Phi) is 5.89. The van der Waals surface area contributed by atoms with Crippen molar-refractivity contribution in [2.75, 3.05) is 10.6 Å². The van der Waals surface area contributed by atoms with E-state index in [4.69, 9.17) is 11.6 Å². The molecule has 0 fully saturated rings. The Hall–Kier alpha value is -3.32. The van der Waals surface area contributed by atoms with Gasteiger partial charge in [0.25, 0.3) is 11.8 Å². The minimum atomic E-state index is -4.55. The molecule has 0 aliphatic heterocycles. The van der Waals surface area contributed by atoms with Crippen LogP contribution < -0.4 is 10.6 Å². The molecule has 0 aliphatic carbocycles. The molecule has 3 aromatic carbocycles. The predicted molar refractivity (Wildman–Crippen MR) is 105 cm³/mol. The van der Waals surface area contributed by atoms with Crippen molar-refractivity contribution in [3.63, 3.8) is 0 Å². The molecule has 0 spiro atoms. The summed E-state index contributed by atoms with van der Waals surface area (Å²) >= 11 is 5.89. The molecule has 0 unspecified atom stereocenters. The maximum Gasteiger partial charge on any atom is 0.416 e. The maximum atomic E-state index is 12.8. The Morgan fingerprint density at radius 2 is 1.34 bits per heavy atom. The van der Waals surface area contributed by atoms with Crippen molar-refractivity contribution in [2.45, 2.75) is 6.18 Å². The summed E-state index contributed by atoms with van der Waals surface area (Å²) in [6, 6.07) is 17.2.